The second-order valence-electron chi connectivity index (χ2n) is 13.1. The molecule has 46 heavy (non-hydrogen) atoms. The molecule has 2 amide bonds. The summed E-state index contributed by atoms with van der Waals surface area (Å²) in [5.41, 5.74) is -0.770. The highest BCUT2D eigenvalue weighted by molar-refractivity contribution is 6.31. The highest BCUT2D eigenvalue weighted by Gasteiger charge is 2.68. The summed E-state index contributed by atoms with van der Waals surface area (Å²) in [4.78, 5) is 45.5. The molecule has 4 heterocycles. The zero-order valence-electron chi connectivity index (χ0n) is 25.6. The fraction of sp³-hybridized carbons (Fsp3) is 0.548. The number of hydrogen-bond donors (Lipinski definition) is 2. The predicted octanol–water partition coefficient (Wildman–Crippen LogP) is 4.53. The Labute approximate surface area is 267 Å². The number of benzene rings is 1. The number of aromatic nitrogens is 3. The van der Waals surface area contributed by atoms with Gasteiger partial charge in [0.2, 0.25) is 5.91 Å². The molecule has 6 rings (SSSR count). The predicted molar refractivity (Wildman–Crippen MR) is 161 cm³/mol. The molecule has 0 bridgehead atoms. The van der Waals surface area contributed by atoms with Crippen LogP contribution >= 0.6 is 11.6 Å². The lowest BCUT2D eigenvalue weighted by atomic mass is 9.90. The maximum absolute atomic E-state index is 13.5. The lowest BCUT2D eigenvalue weighted by Crippen LogP contribution is -2.51. The molecular weight excluding hydrogens is 631 g/mol. The summed E-state index contributed by atoms with van der Waals surface area (Å²) in [6, 6.07) is 6.44. The third-order valence-electron chi connectivity index (χ3n) is 9.79. The van der Waals surface area contributed by atoms with Crippen molar-refractivity contribution in [3.05, 3.63) is 57.2 Å². The lowest BCUT2D eigenvalue weighted by Gasteiger charge is -2.39. The minimum Gasteiger partial charge on any atom is -0.465 e. The Morgan fingerprint density at radius 1 is 1.20 bits per heavy atom. The third-order valence-corrected chi connectivity index (χ3v) is 10.1. The van der Waals surface area contributed by atoms with Crippen LogP contribution in [0.4, 0.5) is 18.0 Å². The first kappa shape index (κ1) is 32.3. The molecule has 2 aromatic heterocycles. The van der Waals surface area contributed by atoms with Crippen molar-refractivity contribution in [2.75, 3.05) is 26.2 Å². The van der Waals surface area contributed by atoms with Crippen molar-refractivity contribution in [3.63, 3.8) is 0 Å². The molecular formula is C31H35ClF3N5O6. The van der Waals surface area contributed by atoms with E-state index < -0.39 is 46.7 Å². The molecule has 2 saturated heterocycles. The van der Waals surface area contributed by atoms with Crippen LogP contribution in [0.25, 0.3) is 16.7 Å². The third kappa shape index (κ3) is 5.64. The average Bonchev–Trinajstić information content (AvgIpc) is 3.59. The van der Waals surface area contributed by atoms with Gasteiger partial charge in [0.05, 0.1) is 54.2 Å². The van der Waals surface area contributed by atoms with Gasteiger partial charge in [-0.3, -0.25) is 23.6 Å². The van der Waals surface area contributed by atoms with E-state index in [1.54, 1.807) is 10.6 Å². The molecule has 3 fully saturated rings. The number of carboxylic acid groups (broad SMARTS) is 1. The number of nitrogens with zero attached hydrogens (tertiary/aromatic N) is 5. The summed E-state index contributed by atoms with van der Waals surface area (Å²) in [5, 5.41) is 21.5. The van der Waals surface area contributed by atoms with Crippen molar-refractivity contribution in [1.82, 2.24) is 23.9 Å². The van der Waals surface area contributed by atoms with E-state index in [0.29, 0.717) is 11.3 Å². The van der Waals surface area contributed by atoms with Gasteiger partial charge in [-0.05, 0) is 62.4 Å². The molecule has 1 saturated carbocycles. The Bertz CT molecular complexity index is 1770. The van der Waals surface area contributed by atoms with Crippen LogP contribution in [0.3, 0.4) is 0 Å². The van der Waals surface area contributed by atoms with Gasteiger partial charge in [0.15, 0.2) is 5.65 Å². The van der Waals surface area contributed by atoms with Gasteiger partial charge >= 0.3 is 12.3 Å². The number of amides is 2. The van der Waals surface area contributed by atoms with Crippen molar-refractivity contribution in [2.24, 2.45) is 11.3 Å². The number of carbonyl (C=O) groups is 2. The molecule has 248 valence electrons. The van der Waals surface area contributed by atoms with Crippen molar-refractivity contribution < 1.29 is 37.7 Å². The summed E-state index contributed by atoms with van der Waals surface area (Å²) < 4.78 is 48.1. The fourth-order valence-electron chi connectivity index (χ4n) is 6.93. The standard InChI is InChI=1S/C31H35ClF3N5O6/c1-17-10-19(4-5-20(17)22-14-46-18(2)13-39(22)28(43)44)40-24(32)11-21-25(40)36-16-38(26(21)41)15-30(45)6-8-37(9-7-30)27(42)29(3)12-23(29)31(33,34)35/h4-5,10-11,16,18,22-23,45H,6-9,12-15H2,1-3H3,(H,43,44)/t18-,22-,23+,29+/m1/s1. The normalized spacial score (nSPS) is 26.4. The largest absolute Gasteiger partial charge is 0.465 e. The van der Waals surface area contributed by atoms with Crippen LogP contribution in [0.5, 0.6) is 0 Å². The number of aliphatic hydroxyl groups is 1. The first-order valence-electron chi connectivity index (χ1n) is 15.1. The molecule has 0 unspecified atom stereocenters. The Balaban J connectivity index is 1.19. The minimum atomic E-state index is -4.43. The van der Waals surface area contributed by atoms with Crippen LogP contribution in [0.15, 0.2) is 35.4 Å². The molecule has 2 N–H and O–H groups in total. The summed E-state index contributed by atoms with van der Waals surface area (Å²) in [6.45, 7) is 5.53. The number of piperidine rings is 1. The fourth-order valence-corrected chi connectivity index (χ4v) is 7.22. The molecule has 15 heteroatoms. The second-order valence-corrected chi connectivity index (χ2v) is 13.5. The zero-order chi connectivity index (χ0) is 33.3. The van der Waals surface area contributed by atoms with Gasteiger partial charge in [-0.15, -0.1) is 0 Å². The topological polar surface area (TPSA) is 130 Å². The number of morpholine rings is 1. The van der Waals surface area contributed by atoms with E-state index in [9.17, 15) is 37.8 Å². The van der Waals surface area contributed by atoms with E-state index in [0.717, 1.165) is 11.1 Å². The summed E-state index contributed by atoms with van der Waals surface area (Å²) >= 11 is 6.60. The van der Waals surface area contributed by atoms with Crippen LogP contribution in [0.2, 0.25) is 5.15 Å². The van der Waals surface area contributed by atoms with Gasteiger partial charge in [0, 0.05) is 18.8 Å². The van der Waals surface area contributed by atoms with Crippen LogP contribution in [0.1, 0.15) is 50.3 Å². The van der Waals surface area contributed by atoms with Gasteiger partial charge in [0.1, 0.15) is 11.5 Å². The van der Waals surface area contributed by atoms with Crippen molar-refractivity contribution in [3.8, 4) is 5.69 Å². The Kier molecular flexibility index (Phi) is 7.92. The molecule has 2 aliphatic heterocycles. The summed E-state index contributed by atoms with van der Waals surface area (Å²) in [7, 11) is 0. The van der Waals surface area contributed by atoms with E-state index >= 15 is 0 Å². The van der Waals surface area contributed by atoms with Crippen LogP contribution < -0.4 is 5.56 Å². The van der Waals surface area contributed by atoms with E-state index in [2.05, 4.69) is 4.98 Å². The number of alkyl halides is 3. The van der Waals surface area contributed by atoms with Gasteiger partial charge in [0.25, 0.3) is 5.56 Å². The molecule has 4 atom stereocenters. The van der Waals surface area contributed by atoms with Gasteiger partial charge < -0.3 is 19.8 Å². The summed E-state index contributed by atoms with van der Waals surface area (Å²) in [6.07, 6.45) is -4.40. The number of halogens is 4. The van der Waals surface area contributed by atoms with Crippen molar-refractivity contribution in [2.45, 2.75) is 70.5 Å². The zero-order valence-corrected chi connectivity index (χ0v) is 26.3. The average molecular weight is 666 g/mol. The van der Waals surface area contributed by atoms with Crippen LogP contribution in [-0.2, 0) is 16.1 Å². The molecule has 3 aliphatic rings. The summed E-state index contributed by atoms with van der Waals surface area (Å²) in [5.74, 6) is -2.21. The molecule has 11 nitrogen and oxygen atoms in total. The van der Waals surface area contributed by atoms with Gasteiger partial charge in [-0.1, -0.05) is 24.6 Å². The van der Waals surface area contributed by atoms with E-state index in [1.807, 2.05) is 26.0 Å². The number of likely N-dealkylation sites (tertiary alicyclic amines) is 1. The lowest BCUT2D eigenvalue weighted by molar-refractivity contribution is -0.165. The monoisotopic (exact) mass is 665 g/mol. The van der Waals surface area contributed by atoms with Crippen molar-refractivity contribution in [1.29, 1.82) is 0 Å². The van der Waals surface area contributed by atoms with E-state index in [1.165, 1.54) is 33.7 Å². The first-order valence-corrected chi connectivity index (χ1v) is 15.5. The molecule has 0 radical (unpaired) electrons. The second kappa shape index (κ2) is 11.3. The molecule has 1 aromatic carbocycles. The molecule has 0 spiro atoms. The quantitative estimate of drug-likeness (QED) is 0.410. The maximum atomic E-state index is 13.5. The maximum Gasteiger partial charge on any atom is 0.407 e. The smallest absolute Gasteiger partial charge is 0.407 e. The number of hydrogen-bond acceptors (Lipinski definition) is 6. The van der Waals surface area contributed by atoms with E-state index in [4.69, 9.17) is 16.3 Å². The number of rotatable bonds is 5. The molecule has 3 aromatic rings. The highest BCUT2D eigenvalue weighted by atomic mass is 35.5. The molecule has 1 aliphatic carbocycles. The Hall–Kier alpha value is -3.62. The van der Waals surface area contributed by atoms with Gasteiger partial charge in [-0.2, -0.15) is 13.2 Å². The number of carbonyl (C=O) groups excluding carboxylic acids is 1. The van der Waals surface area contributed by atoms with Gasteiger partial charge in [-0.25, -0.2) is 9.78 Å². The van der Waals surface area contributed by atoms with Crippen LogP contribution in [-0.4, -0.2) is 90.3 Å². The number of aryl methyl sites for hydroxylation is 1. The van der Waals surface area contributed by atoms with E-state index in [-0.39, 0.29) is 68.7 Å². The van der Waals surface area contributed by atoms with Crippen molar-refractivity contribution >= 4 is 34.6 Å². The minimum absolute atomic E-state index is 0.0771. The first-order chi connectivity index (χ1) is 21.5. The number of fused-ring (bicyclic) bond motifs is 1. The van der Waals surface area contributed by atoms with Crippen LogP contribution in [0, 0.1) is 18.3 Å². The Morgan fingerprint density at radius 3 is 2.50 bits per heavy atom. The highest BCUT2D eigenvalue weighted by Crippen LogP contribution is 2.61. The number of ether oxygens (including phenoxy) is 1. The Morgan fingerprint density at radius 2 is 1.89 bits per heavy atom. The SMILES string of the molecule is Cc1cc(-n2c(Cl)cc3c(=O)n(CC4(O)CCN(C(=O)[C@@]5(C)C[C@@H]5C(F)(F)F)CC4)cnc32)ccc1[C@H]1CO[C@H](C)CN1C(=O)O.